The van der Waals surface area contributed by atoms with Gasteiger partial charge >= 0.3 is 18.2 Å². The number of aliphatic carboxylic acids is 1. The molecule has 4 saturated heterocycles. The van der Waals surface area contributed by atoms with Crippen LogP contribution in [0, 0.1) is 23.7 Å². The van der Waals surface area contributed by atoms with Crippen molar-refractivity contribution in [2.24, 2.45) is 29.4 Å². The molecule has 516 valence electrons. The number of benzene rings is 4. The molecule has 0 saturated carbocycles. The Morgan fingerprint density at radius 1 is 0.564 bits per heavy atom. The number of fused-ring (bicyclic) bond motifs is 4. The zero-order valence-electron chi connectivity index (χ0n) is 52.9. The fourth-order valence-electron chi connectivity index (χ4n) is 11.5. The number of sulfonamides is 2. The Balaban J connectivity index is 0.000000221. The van der Waals surface area contributed by atoms with E-state index in [1.165, 1.54) is 45.0 Å². The van der Waals surface area contributed by atoms with Crippen LogP contribution in [0.3, 0.4) is 0 Å². The molecule has 4 fully saturated rings. The summed E-state index contributed by atoms with van der Waals surface area (Å²) in [5, 5.41) is 37.5. The molecule has 0 aliphatic carbocycles. The van der Waals surface area contributed by atoms with Crippen LogP contribution in [0.4, 0.5) is 9.59 Å². The number of carboxylic acids is 1. The molecule has 4 aromatic carbocycles. The van der Waals surface area contributed by atoms with Crippen molar-refractivity contribution in [2.75, 3.05) is 79.4 Å². The van der Waals surface area contributed by atoms with Crippen LogP contribution in [0.2, 0.25) is 0 Å². The molecule has 0 bridgehead atoms. The second-order valence-corrected chi connectivity index (χ2v) is 28.4. The minimum Gasteiger partial charge on any atom is -0.494 e. The van der Waals surface area contributed by atoms with Gasteiger partial charge in [0.2, 0.25) is 39.5 Å². The van der Waals surface area contributed by atoms with Crippen molar-refractivity contribution in [1.29, 1.82) is 0 Å². The van der Waals surface area contributed by atoms with E-state index in [0.29, 0.717) is 80.0 Å². The van der Waals surface area contributed by atoms with E-state index in [1.807, 2.05) is 27.7 Å². The van der Waals surface area contributed by atoms with Crippen LogP contribution in [0.5, 0.6) is 34.5 Å². The number of ether oxygens (including phenoxy) is 12. The van der Waals surface area contributed by atoms with Crippen LogP contribution >= 0.6 is 0 Å². The molecule has 6 aliphatic rings. The lowest BCUT2D eigenvalue weighted by molar-refractivity contribution is -0.137. The number of carbonyl (C=O) groups excluding carboxylic acids is 3. The van der Waals surface area contributed by atoms with E-state index >= 15 is 0 Å². The van der Waals surface area contributed by atoms with Crippen molar-refractivity contribution in [3.8, 4) is 34.5 Å². The van der Waals surface area contributed by atoms with Crippen molar-refractivity contribution >= 4 is 44.1 Å². The molecule has 6 aliphatic heterocycles. The maximum Gasteiger partial charge on any atom is 0.407 e. The number of rotatable bonds is 32. The Morgan fingerprint density at radius 2 is 0.968 bits per heavy atom. The Bertz CT molecular complexity index is 3200. The number of carbonyl (C=O) groups is 4. The van der Waals surface area contributed by atoms with Gasteiger partial charge in [-0.15, -0.1) is 0 Å². The Kier molecular flexibility index (Phi) is 24.9. The number of aliphatic hydroxyl groups excluding tert-OH is 2. The molecule has 10 rings (SSSR count). The lowest BCUT2D eigenvalue weighted by Gasteiger charge is -2.31. The monoisotopic (exact) mass is 1360 g/mol. The maximum atomic E-state index is 13.9. The molecule has 6 heterocycles. The van der Waals surface area contributed by atoms with E-state index in [9.17, 15) is 46.2 Å². The van der Waals surface area contributed by atoms with E-state index in [-0.39, 0.29) is 119 Å². The number of nitrogens with two attached hydrogens (primary N) is 1. The fourth-order valence-corrected chi connectivity index (χ4v) is 14.8. The quantitative estimate of drug-likeness (QED) is 0.0353. The van der Waals surface area contributed by atoms with Gasteiger partial charge in [-0.3, -0.25) is 9.59 Å². The van der Waals surface area contributed by atoms with Gasteiger partial charge in [0.1, 0.15) is 23.7 Å². The number of aliphatic hydroxyl groups is 2. The normalized spacial score (nSPS) is 21.4. The summed E-state index contributed by atoms with van der Waals surface area (Å²) < 4.78 is 124. The predicted molar refractivity (Wildman–Crippen MR) is 333 cm³/mol. The summed E-state index contributed by atoms with van der Waals surface area (Å²) in [4.78, 5) is 48.1. The first kappa shape index (κ1) is 71.0. The average Bonchev–Trinajstić information content (AvgIpc) is 1.16. The maximum absolute atomic E-state index is 13.9. The molecule has 0 unspecified atom stereocenters. The predicted octanol–water partition coefficient (Wildman–Crippen LogP) is 4.93. The van der Waals surface area contributed by atoms with Crippen molar-refractivity contribution < 1.29 is 108 Å². The first-order chi connectivity index (χ1) is 45.0. The third-order valence-corrected chi connectivity index (χ3v) is 20.0. The molecular weight excluding hydrogens is 1270 g/mol. The summed E-state index contributed by atoms with van der Waals surface area (Å²) in [6.45, 7) is 9.11. The highest BCUT2D eigenvalue weighted by atomic mass is 32.2. The van der Waals surface area contributed by atoms with Crippen LogP contribution in [-0.2, 0) is 70.9 Å². The second kappa shape index (κ2) is 32.9. The van der Waals surface area contributed by atoms with Gasteiger partial charge in [0, 0.05) is 51.2 Å². The van der Waals surface area contributed by atoms with Gasteiger partial charge in [0.05, 0.1) is 85.6 Å². The number of alkyl carbamates (subject to hydrolysis) is 2. The number of hydrogen-bond acceptors (Lipinski definition) is 22. The first-order valence-corrected chi connectivity index (χ1v) is 34.4. The molecule has 30 heteroatoms. The molecule has 28 nitrogen and oxygen atoms in total. The van der Waals surface area contributed by atoms with Gasteiger partial charge in [-0.25, -0.2) is 26.4 Å². The number of amides is 3. The zero-order chi connectivity index (χ0) is 67.1. The molecule has 4 aromatic rings. The zero-order valence-corrected chi connectivity index (χ0v) is 54.6. The molecule has 7 N–H and O–H groups in total. The van der Waals surface area contributed by atoms with Crippen LogP contribution in [0.1, 0.15) is 77.3 Å². The first-order valence-electron chi connectivity index (χ1n) is 31.5. The van der Waals surface area contributed by atoms with Crippen molar-refractivity contribution in [1.82, 2.24) is 19.2 Å². The summed E-state index contributed by atoms with van der Waals surface area (Å²) in [6, 6.07) is 20.9. The highest BCUT2D eigenvalue weighted by Crippen LogP contribution is 2.38. The van der Waals surface area contributed by atoms with E-state index < -0.39 is 93.2 Å². The van der Waals surface area contributed by atoms with Crippen molar-refractivity contribution in [2.45, 2.75) is 138 Å². The van der Waals surface area contributed by atoms with Crippen molar-refractivity contribution in [3.05, 3.63) is 96.1 Å². The molecule has 0 spiro atoms. The summed E-state index contributed by atoms with van der Waals surface area (Å²) in [5.74, 6) is 1.06. The highest BCUT2D eigenvalue weighted by Gasteiger charge is 2.46. The molecule has 0 aromatic heterocycles. The lowest BCUT2D eigenvalue weighted by atomic mass is 10.0. The van der Waals surface area contributed by atoms with Crippen LogP contribution in [-0.4, -0.2) is 193 Å². The molecule has 3 amide bonds. The van der Waals surface area contributed by atoms with E-state index in [1.54, 1.807) is 48.5 Å². The lowest BCUT2D eigenvalue weighted by Crippen LogP contribution is -2.51. The Morgan fingerprint density at radius 3 is 1.36 bits per heavy atom. The summed E-state index contributed by atoms with van der Waals surface area (Å²) in [6.07, 6.45) is -3.23. The SMILES string of the molecule is CC(C)CN(C[C@@H](O)[C@H](Cc1ccc(OCCCC(=O)O)cc1)NC(=O)O[C@H]1CO[C@H]2OCC[C@H]21)S(=O)(=O)c1ccc2c(c1)OCO2.CC(C)CN(C[C@@H](O)[C@H](Cc1ccc(OCCCC(N)=O)cc1)NC(=O)O[C@H]1CO[C@H]2OCC[C@H]21)S(=O)(=O)c1ccc2c(c1)OCO2. The summed E-state index contributed by atoms with van der Waals surface area (Å²) >= 11 is 0. The van der Waals surface area contributed by atoms with E-state index in [4.69, 9.17) is 67.7 Å². The molecular formula is C64H85N5O23S2. The van der Waals surface area contributed by atoms with Gasteiger partial charge in [-0.2, -0.15) is 8.61 Å². The van der Waals surface area contributed by atoms with E-state index in [2.05, 4.69) is 10.6 Å². The van der Waals surface area contributed by atoms with Crippen molar-refractivity contribution in [3.63, 3.8) is 0 Å². The Labute approximate surface area is 546 Å². The van der Waals surface area contributed by atoms with Gasteiger partial charge in [0.15, 0.2) is 35.6 Å². The van der Waals surface area contributed by atoms with Crippen LogP contribution < -0.4 is 44.8 Å². The fraction of sp³-hybridized carbons (Fsp3) is 0.562. The minimum absolute atomic E-state index is 0.000457. The van der Waals surface area contributed by atoms with Gasteiger partial charge in [-0.05, 0) is 110 Å². The second-order valence-electron chi connectivity index (χ2n) is 24.5. The number of hydrogen-bond donors (Lipinski definition) is 6. The van der Waals surface area contributed by atoms with Gasteiger partial charge in [0.25, 0.3) is 0 Å². The number of carboxylic acid groups (broad SMARTS) is 1. The summed E-state index contributed by atoms with van der Waals surface area (Å²) in [7, 11) is -8.17. The van der Waals surface area contributed by atoms with Crippen LogP contribution in [0.25, 0.3) is 0 Å². The largest absolute Gasteiger partial charge is 0.494 e. The molecule has 0 radical (unpaired) electrons. The van der Waals surface area contributed by atoms with E-state index in [0.717, 1.165) is 11.1 Å². The third-order valence-electron chi connectivity index (χ3n) is 16.3. The highest BCUT2D eigenvalue weighted by molar-refractivity contribution is 7.89. The minimum atomic E-state index is -4.09. The standard InChI is InChI=1S/C32H43N3O11S.C32H42N2O12S/c1-20(2)16-35(47(39,40)23-9-10-27-28(15-23)45-19-44-27)17-26(36)25(34-32(38)46-29-18-43-31-24(29)11-13-42-31)14-21-5-7-22(8-6-21)41-12-3-4-30(33)37;1-20(2)16-34(47(39,40)23-9-10-27-28(15-23)45-19-44-27)17-26(35)25(33-32(38)46-29-18-43-31-24(29)11-13-42-31)14-21-5-7-22(8-6-21)41-12-3-4-30(36)37/h5-10,15,20,24-26,29,31,36H,3-4,11-14,16-19H2,1-2H3,(H2,33,37)(H,34,38);5-10,15,20,24-26,29,31,35H,3-4,11-14,16-19H2,1-2H3,(H,33,38)(H,36,37)/t2*24-,25-,26+,29-,31+/m00/s1. The van der Waals surface area contributed by atoms with Crippen LogP contribution in [0.15, 0.2) is 94.7 Å². The smallest absolute Gasteiger partial charge is 0.407 e. The molecule has 10 atom stereocenters. The summed E-state index contributed by atoms with van der Waals surface area (Å²) in [5.41, 5.74) is 6.66. The number of nitrogens with one attached hydrogen (secondary N) is 2. The average molecular weight is 1360 g/mol. The van der Waals surface area contributed by atoms with Gasteiger partial charge < -0.3 is 88.5 Å². The van der Waals surface area contributed by atoms with Gasteiger partial charge in [-0.1, -0.05) is 52.0 Å². The topological polar surface area (TPSA) is 365 Å². The molecule has 94 heavy (non-hydrogen) atoms. The third kappa shape index (κ3) is 19.5. The number of nitrogens with zero attached hydrogens (tertiary/aromatic N) is 2. The number of primary amides is 1. The Hall–Kier alpha value is -7.26.